The molecule has 0 saturated carbocycles. The van der Waals surface area contributed by atoms with Crippen LogP contribution in [0.4, 0.5) is 0 Å². The number of guanidine groups is 1. The van der Waals surface area contributed by atoms with Crippen LogP contribution < -0.4 is 38.1 Å². The SMILES string of the molecule is C=C/C(=C\C=C/C)CC1NC(=O)C(CC(=O)O)NC(=O)CNC(=O)C(CCCN=C(N)N)NC(=O)CNC1=O. The van der Waals surface area contributed by atoms with Crippen LogP contribution in [0.2, 0.25) is 0 Å². The van der Waals surface area contributed by atoms with Gasteiger partial charge in [-0.15, -0.1) is 0 Å². The second-order valence-corrected chi connectivity index (χ2v) is 8.46. The third-order valence-electron chi connectivity index (χ3n) is 5.31. The molecule has 0 spiro atoms. The molecule has 0 aromatic heterocycles. The number of hydrogen-bond donors (Lipinski definition) is 8. The van der Waals surface area contributed by atoms with Crippen LogP contribution in [0.5, 0.6) is 0 Å². The van der Waals surface area contributed by atoms with Gasteiger partial charge in [0, 0.05) is 13.0 Å². The Balaban J connectivity index is 3.26. The van der Waals surface area contributed by atoms with E-state index in [2.05, 4.69) is 38.2 Å². The van der Waals surface area contributed by atoms with E-state index < -0.39 is 73.1 Å². The number of rotatable bonds is 10. The van der Waals surface area contributed by atoms with Crippen LogP contribution in [-0.2, 0) is 28.8 Å². The summed E-state index contributed by atoms with van der Waals surface area (Å²) in [5.41, 5.74) is 11.1. The fourth-order valence-corrected chi connectivity index (χ4v) is 3.38. The number of aliphatic carboxylic acids is 1. The van der Waals surface area contributed by atoms with E-state index in [0.29, 0.717) is 12.0 Å². The van der Waals surface area contributed by atoms with Crippen molar-refractivity contribution in [1.29, 1.82) is 0 Å². The van der Waals surface area contributed by atoms with Gasteiger partial charge < -0.3 is 43.2 Å². The molecule has 0 aromatic rings. The van der Waals surface area contributed by atoms with Gasteiger partial charge in [-0.3, -0.25) is 33.8 Å². The Kier molecular flexibility index (Phi) is 14.0. The zero-order valence-electron chi connectivity index (χ0n) is 21.7. The molecule has 1 aliphatic rings. The fraction of sp³-hybridized carbons (Fsp3) is 0.458. The summed E-state index contributed by atoms with van der Waals surface area (Å²) >= 11 is 0. The molecule has 0 aliphatic carbocycles. The average molecular weight is 549 g/mol. The summed E-state index contributed by atoms with van der Waals surface area (Å²) in [6, 6.07) is -3.88. The number of allylic oxidation sites excluding steroid dienone is 4. The van der Waals surface area contributed by atoms with Crippen molar-refractivity contribution in [1.82, 2.24) is 26.6 Å². The van der Waals surface area contributed by atoms with Crippen molar-refractivity contribution in [3.63, 3.8) is 0 Å². The molecule has 0 bridgehead atoms. The average Bonchev–Trinajstić information content (AvgIpc) is 2.87. The maximum absolute atomic E-state index is 13.0. The molecule has 1 aliphatic heterocycles. The number of carboxylic acid groups (broad SMARTS) is 1. The number of nitrogens with one attached hydrogen (secondary N) is 5. The van der Waals surface area contributed by atoms with Crippen LogP contribution in [0, 0.1) is 0 Å². The normalized spacial score (nSPS) is 21.8. The van der Waals surface area contributed by atoms with Crippen molar-refractivity contribution in [3.05, 3.63) is 36.5 Å². The Hall–Kier alpha value is -4.69. The number of carbonyl (C=O) groups is 6. The van der Waals surface area contributed by atoms with Crippen molar-refractivity contribution in [2.45, 2.75) is 50.7 Å². The highest BCUT2D eigenvalue weighted by atomic mass is 16.4. The first kappa shape index (κ1) is 32.3. The van der Waals surface area contributed by atoms with Crippen molar-refractivity contribution < 1.29 is 33.9 Å². The van der Waals surface area contributed by atoms with Crippen LogP contribution in [-0.4, -0.2) is 84.3 Å². The van der Waals surface area contributed by atoms with Gasteiger partial charge in [0.15, 0.2) is 5.96 Å². The largest absolute Gasteiger partial charge is 0.481 e. The lowest BCUT2D eigenvalue weighted by atomic mass is 10.0. The van der Waals surface area contributed by atoms with E-state index in [1.807, 2.05) is 0 Å². The first-order valence-corrected chi connectivity index (χ1v) is 12.1. The van der Waals surface area contributed by atoms with Crippen LogP contribution >= 0.6 is 0 Å². The molecular formula is C24H36N8O7. The van der Waals surface area contributed by atoms with Crippen LogP contribution in [0.1, 0.15) is 32.6 Å². The predicted molar refractivity (Wildman–Crippen MR) is 142 cm³/mol. The van der Waals surface area contributed by atoms with Gasteiger partial charge in [0.2, 0.25) is 29.5 Å². The molecule has 1 rings (SSSR count). The first-order chi connectivity index (χ1) is 18.5. The number of carbonyl (C=O) groups excluding carboxylic acids is 5. The summed E-state index contributed by atoms with van der Waals surface area (Å²) in [5.74, 6) is -5.49. The zero-order chi connectivity index (χ0) is 29.4. The van der Waals surface area contributed by atoms with Gasteiger partial charge in [0.1, 0.15) is 18.1 Å². The van der Waals surface area contributed by atoms with E-state index >= 15 is 0 Å². The third-order valence-corrected chi connectivity index (χ3v) is 5.31. The van der Waals surface area contributed by atoms with Crippen LogP contribution in [0.25, 0.3) is 0 Å². The Morgan fingerprint density at radius 3 is 2.05 bits per heavy atom. The predicted octanol–water partition coefficient (Wildman–Crippen LogP) is -2.71. The highest BCUT2D eigenvalue weighted by Gasteiger charge is 2.30. The molecule has 15 nitrogen and oxygen atoms in total. The van der Waals surface area contributed by atoms with Gasteiger partial charge in [-0.05, 0) is 25.3 Å². The fourth-order valence-electron chi connectivity index (χ4n) is 3.38. The maximum atomic E-state index is 13.0. The molecular weight excluding hydrogens is 512 g/mol. The van der Waals surface area contributed by atoms with E-state index in [1.54, 1.807) is 25.2 Å². The zero-order valence-corrected chi connectivity index (χ0v) is 21.7. The molecule has 214 valence electrons. The lowest BCUT2D eigenvalue weighted by Crippen LogP contribution is -2.55. The topological polar surface area (TPSA) is 247 Å². The monoisotopic (exact) mass is 548 g/mol. The Morgan fingerprint density at radius 1 is 0.949 bits per heavy atom. The maximum Gasteiger partial charge on any atom is 0.305 e. The molecule has 1 fully saturated rings. The number of aliphatic imine (C=N–C) groups is 1. The standard InChI is InChI=1S/C24H36N8O7/c1-3-5-7-14(4-2)10-16-22(38)29-12-18(33)30-15(8-6-9-27-24(25)26)21(37)28-13-19(34)31-17(11-20(35)36)23(39)32-16/h3-5,7,15-17H,2,6,8-13H2,1H3,(H,28,37)(H,29,38)(H,30,33)(H,31,34)(H,32,39)(H,35,36)(H4,25,26,27)/b5-3-,14-7+. The number of amides is 5. The minimum atomic E-state index is -1.55. The minimum absolute atomic E-state index is 0.0474. The van der Waals surface area contributed by atoms with Gasteiger partial charge in [0.25, 0.3) is 0 Å². The smallest absolute Gasteiger partial charge is 0.305 e. The van der Waals surface area contributed by atoms with Crippen molar-refractivity contribution in [2.24, 2.45) is 16.5 Å². The highest BCUT2D eigenvalue weighted by Crippen LogP contribution is 2.09. The molecule has 3 atom stereocenters. The van der Waals surface area contributed by atoms with Gasteiger partial charge >= 0.3 is 5.97 Å². The number of nitrogens with two attached hydrogens (primary N) is 2. The van der Waals surface area contributed by atoms with E-state index in [1.165, 1.54) is 6.08 Å². The number of carboxylic acids is 1. The van der Waals surface area contributed by atoms with Crippen molar-refractivity contribution >= 4 is 41.5 Å². The van der Waals surface area contributed by atoms with E-state index in [4.69, 9.17) is 11.5 Å². The molecule has 5 amide bonds. The van der Waals surface area contributed by atoms with E-state index in [-0.39, 0.29) is 25.3 Å². The second-order valence-electron chi connectivity index (χ2n) is 8.46. The van der Waals surface area contributed by atoms with E-state index in [0.717, 1.165) is 0 Å². The summed E-state index contributed by atoms with van der Waals surface area (Å²) in [5, 5.41) is 21.2. The second kappa shape index (κ2) is 16.9. The minimum Gasteiger partial charge on any atom is -0.481 e. The molecule has 1 saturated heterocycles. The summed E-state index contributed by atoms with van der Waals surface area (Å²) in [6.45, 7) is 4.51. The van der Waals surface area contributed by atoms with Gasteiger partial charge in [-0.25, -0.2) is 0 Å². The molecule has 0 radical (unpaired) electrons. The molecule has 3 unspecified atom stereocenters. The lowest BCUT2D eigenvalue weighted by Gasteiger charge is -2.22. The molecule has 0 aromatic carbocycles. The van der Waals surface area contributed by atoms with E-state index in [9.17, 15) is 33.9 Å². The summed E-state index contributed by atoms with van der Waals surface area (Å²) < 4.78 is 0. The van der Waals surface area contributed by atoms with Crippen molar-refractivity contribution in [3.8, 4) is 0 Å². The summed E-state index contributed by atoms with van der Waals surface area (Å²) in [6.07, 6.45) is 6.15. The Bertz CT molecular complexity index is 1030. The summed E-state index contributed by atoms with van der Waals surface area (Å²) in [7, 11) is 0. The molecule has 1 heterocycles. The van der Waals surface area contributed by atoms with Gasteiger partial charge in [-0.1, -0.05) is 30.9 Å². The highest BCUT2D eigenvalue weighted by molar-refractivity contribution is 5.97. The van der Waals surface area contributed by atoms with Crippen molar-refractivity contribution in [2.75, 3.05) is 19.6 Å². The Morgan fingerprint density at radius 2 is 1.51 bits per heavy atom. The van der Waals surface area contributed by atoms with Gasteiger partial charge in [0.05, 0.1) is 19.5 Å². The first-order valence-electron chi connectivity index (χ1n) is 12.1. The molecule has 15 heteroatoms. The Labute approximate surface area is 225 Å². The van der Waals surface area contributed by atoms with Crippen LogP contribution in [0.15, 0.2) is 41.4 Å². The number of nitrogens with zero attached hydrogens (tertiary/aromatic N) is 1. The lowest BCUT2D eigenvalue weighted by molar-refractivity contribution is -0.141. The number of hydrogen-bond acceptors (Lipinski definition) is 7. The van der Waals surface area contributed by atoms with Crippen LogP contribution in [0.3, 0.4) is 0 Å². The quantitative estimate of drug-likeness (QED) is 0.0611. The third kappa shape index (κ3) is 12.9. The molecule has 10 N–H and O–H groups in total. The molecule has 39 heavy (non-hydrogen) atoms. The van der Waals surface area contributed by atoms with Gasteiger partial charge in [-0.2, -0.15) is 0 Å². The summed E-state index contributed by atoms with van der Waals surface area (Å²) in [4.78, 5) is 78.7.